The van der Waals surface area contributed by atoms with Crippen LogP contribution in [0.1, 0.15) is 35.6 Å². The van der Waals surface area contributed by atoms with Crippen LogP contribution in [-0.2, 0) is 0 Å². The number of phenolic OH excluding ortho intramolecular Hbond substituents is 1. The van der Waals surface area contributed by atoms with Crippen molar-refractivity contribution in [2.75, 3.05) is 6.61 Å². The zero-order valence-electron chi connectivity index (χ0n) is 9.33. The molecule has 0 fully saturated rings. The summed E-state index contributed by atoms with van der Waals surface area (Å²) in [7, 11) is 0. The van der Waals surface area contributed by atoms with Crippen LogP contribution >= 0.6 is 0 Å². The first-order valence-corrected chi connectivity index (χ1v) is 5.22. The van der Waals surface area contributed by atoms with E-state index in [4.69, 9.17) is 10.8 Å². The first-order chi connectivity index (χ1) is 7.06. The Labute approximate surface area is 90.5 Å². The lowest BCUT2D eigenvalue weighted by Crippen LogP contribution is -2.13. The van der Waals surface area contributed by atoms with Gasteiger partial charge in [-0.15, -0.1) is 0 Å². The highest BCUT2D eigenvalue weighted by Gasteiger charge is 2.12. The van der Waals surface area contributed by atoms with E-state index in [0.717, 1.165) is 23.1 Å². The number of aliphatic hydroxyl groups is 1. The van der Waals surface area contributed by atoms with Crippen molar-refractivity contribution in [1.82, 2.24) is 0 Å². The summed E-state index contributed by atoms with van der Waals surface area (Å²) in [5.74, 6) is 0.281. The van der Waals surface area contributed by atoms with Crippen LogP contribution in [0.4, 0.5) is 0 Å². The minimum absolute atomic E-state index is 0.0576. The minimum atomic E-state index is -0.0576. The highest BCUT2D eigenvalue weighted by Crippen LogP contribution is 2.27. The largest absolute Gasteiger partial charge is 0.508 e. The molecule has 3 nitrogen and oxygen atoms in total. The van der Waals surface area contributed by atoms with Crippen LogP contribution in [0.5, 0.6) is 5.75 Å². The molecule has 0 aliphatic rings. The van der Waals surface area contributed by atoms with E-state index in [1.165, 1.54) is 0 Å². The van der Waals surface area contributed by atoms with Gasteiger partial charge in [-0.2, -0.15) is 0 Å². The second-order valence-electron chi connectivity index (χ2n) is 3.97. The minimum Gasteiger partial charge on any atom is -0.508 e. The monoisotopic (exact) mass is 209 g/mol. The Hall–Kier alpha value is -1.06. The molecule has 1 rings (SSSR count). The molecule has 1 aromatic carbocycles. The van der Waals surface area contributed by atoms with E-state index in [1.54, 1.807) is 12.1 Å². The van der Waals surface area contributed by atoms with E-state index in [-0.39, 0.29) is 18.4 Å². The summed E-state index contributed by atoms with van der Waals surface area (Å²) in [6.07, 6.45) is 1.48. The lowest BCUT2D eigenvalue weighted by Gasteiger charge is -2.17. The lowest BCUT2D eigenvalue weighted by molar-refractivity contribution is 0.280. The first-order valence-electron chi connectivity index (χ1n) is 5.22. The Morgan fingerprint density at radius 2 is 1.80 bits per heavy atom. The molecule has 4 N–H and O–H groups in total. The number of aromatic hydroxyl groups is 1. The molecular formula is C12H19NO2. The van der Waals surface area contributed by atoms with Crippen LogP contribution in [0.3, 0.4) is 0 Å². The summed E-state index contributed by atoms with van der Waals surface area (Å²) in [6, 6.07) is 3.39. The molecule has 0 unspecified atom stereocenters. The van der Waals surface area contributed by atoms with Crippen LogP contribution in [-0.4, -0.2) is 16.8 Å². The van der Waals surface area contributed by atoms with E-state index >= 15 is 0 Å². The maximum Gasteiger partial charge on any atom is 0.116 e. The molecule has 3 heteroatoms. The van der Waals surface area contributed by atoms with E-state index in [1.807, 2.05) is 13.8 Å². The zero-order valence-corrected chi connectivity index (χ0v) is 9.33. The molecule has 0 radical (unpaired) electrons. The molecule has 0 amide bonds. The number of hydrogen-bond donors (Lipinski definition) is 3. The third-order valence-corrected chi connectivity index (χ3v) is 2.62. The molecule has 0 heterocycles. The van der Waals surface area contributed by atoms with Crippen LogP contribution in [0.2, 0.25) is 0 Å². The van der Waals surface area contributed by atoms with Gasteiger partial charge in [0.1, 0.15) is 5.75 Å². The van der Waals surface area contributed by atoms with Gasteiger partial charge in [0.05, 0.1) is 0 Å². The first kappa shape index (κ1) is 12.0. The fourth-order valence-electron chi connectivity index (χ4n) is 1.99. The van der Waals surface area contributed by atoms with Gasteiger partial charge in [0.25, 0.3) is 0 Å². The van der Waals surface area contributed by atoms with Crippen LogP contribution < -0.4 is 5.73 Å². The number of nitrogens with two attached hydrogens (primary N) is 1. The van der Waals surface area contributed by atoms with Crippen molar-refractivity contribution in [2.45, 2.75) is 32.7 Å². The van der Waals surface area contributed by atoms with Crippen molar-refractivity contribution in [3.8, 4) is 5.75 Å². The Morgan fingerprint density at radius 1 is 1.27 bits per heavy atom. The molecule has 0 aromatic heterocycles. The normalized spacial score (nSPS) is 12.8. The summed E-state index contributed by atoms with van der Waals surface area (Å²) in [5, 5.41) is 18.1. The van der Waals surface area contributed by atoms with Crippen molar-refractivity contribution in [3.05, 3.63) is 28.8 Å². The van der Waals surface area contributed by atoms with Gasteiger partial charge < -0.3 is 15.9 Å². The van der Waals surface area contributed by atoms with Gasteiger partial charge in [-0.25, -0.2) is 0 Å². The highest BCUT2D eigenvalue weighted by atomic mass is 16.3. The smallest absolute Gasteiger partial charge is 0.116 e. The predicted octanol–water partition coefficient (Wildman–Crippen LogP) is 1.78. The Morgan fingerprint density at radius 3 is 2.27 bits per heavy atom. The summed E-state index contributed by atoms with van der Waals surface area (Å²) >= 11 is 0. The number of phenols is 1. The van der Waals surface area contributed by atoms with Crippen molar-refractivity contribution in [3.63, 3.8) is 0 Å². The van der Waals surface area contributed by atoms with E-state index < -0.39 is 0 Å². The van der Waals surface area contributed by atoms with Crippen LogP contribution in [0.25, 0.3) is 0 Å². The lowest BCUT2D eigenvalue weighted by atomic mass is 9.93. The van der Waals surface area contributed by atoms with Gasteiger partial charge in [-0.05, 0) is 55.5 Å². The molecule has 0 aliphatic heterocycles. The number of benzene rings is 1. The molecule has 1 aromatic rings. The van der Waals surface area contributed by atoms with Crippen LogP contribution in [0.15, 0.2) is 12.1 Å². The second kappa shape index (κ2) is 5.14. The van der Waals surface area contributed by atoms with Crippen molar-refractivity contribution < 1.29 is 10.2 Å². The molecule has 0 spiro atoms. The number of hydrogen-bond acceptors (Lipinski definition) is 3. The zero-order chi connectivity index (χ0) is 11.4. The third-order valence-electron chi connectivity index (χ3n) is 2.62. The topological polar surface area (TPSA) is 66.5 Å². The fraction of sp³-hybridized carbons (Fsp3) is 0.500. The number of aryl methyl sites for hydroxylation is 2. The summed E-state index contributed by atoms with van der Waals surface area (Å²) < 4.78 is 0. The van der Waals surface area contributed by atoms with Crippen molar-refractivity contribution >= 4 is 0 Å². The average molecular weight is 209 g/mol. The maximum atomic E-state index is 9.40. The summed E-state index contributed by atoms with van der Waals surface area (Å²) in [6.45, 7) is 4.06. The average Bonchev–Trinajstić information content (AvgIpc) is 2.12. The molecule has 0 saturated carbocycles. The van der Waals surface area contributed by atoms with Gasteiger partial charge >= 0.3 is 0 Å². The number of aliphatic hydroxyl groups excluding tert-OH is 1. The van der Waals surface area contributed by atoms with Gasteiger partial charge in [-0.1, -0.05) is 0 Å². The quantitative estimate of drug-likeness (QED) is 0.708. The second-order valence-corrected chi connectivity index (χ2v) is 3.97. The van der Waals surface area contributed by atoms with Gasteiger partial charge in [0.2, 0.25) is 0 Å². The van der Waals surface area contributed by atoms with Gasteiger partial charge in [-0.3, -0.25) is 0 Å². The van der Waals surface area contributed by atoms with Crippen molar-refractivity contribution in [2.24, 2.45) is 5.73 Å². The van der Waals surface area contributed by atoms with E-state index in [9.17, 15) is 5.11 Å². The standard InChI is InChI=1S/C12H19NO2/c1-8-6-10(15)7-9(2)12(8)11(13)4-3-5-14/h6-7,11,14-15H,3-5,13H2,1-2H3/t11-/m1/s1. The number of rotatable bonds is 4. The predicted molar refractivity (Wildman–Crippen MR) is 60.8 cm³/mol. The highest BCUT2D eigenvalue weighted by molar-refractivity contribution is 5.42. The molecule has 15 heavy (non-hydrogen) atoms. The van der Waals surface area contributed by atoms with Crippen molar-refractivity contribution in [1.29, 1.82) is 0 Å². The van der Waals surface area contributed by atoms with E-state index in [0.29, 0.717) is 6.42 Å². The Kier molecular flexibility index (Phi) is 4.12. The molecule has 0 bridgehead atoms. The van der Waals surface area contributed by atoms with E-state index in [2.05, 4.69) is 0 Å². The van der Waals surface area contributed by atoms with Gasteiger partial charge in [0.15, 0.2) is 0 Å². The molecular weight excluding hydrogens is 190 g/mol. The molecule has 0 saturated heterocycles. The summed E-state index contributed by atoms with van der Waals surface area (Å²) in [4.78, 5) is 0. The Balaban J connectivity index is 2.92. The maximum absolute atomic E-state index is 9.40. The van der Waals surface area contributed by atoms with Gasteiger partial charge in [0, 0.05) is 12.6 Å². The summed E-state index contributed by atoms with van der Waals surface area (Å²) in [5.41, 5.74) is 9.15. The Bertz CT molecular complexity index is 313. The third kappa shape index (κ3) is 2.94. The molecule has 0 aliphatic carbocycles. The molecule has 1 atom stereocenters. The SMILES string of the molecule is Cc1cc(O)cc(C)c1[C@H](N)CCCO. The molecule has 84 valence electrons. The fourth-order valence-corrected chi connectivity index (χ4v) is 1.99. The van der Waals surface area contributed by atoms with Crippen LogP contribution in [0, 0.1) is 13.8 Å².